The fraction of sp³-hybridized carbons (Fsp3) is 0.208. The van der Waals surface area contributed by atoms with Crippen LogP contribution >= 0.6 is 0 Å². The van der Waals surface area contributed by atoms with Crippen molar-refractivity contribution in [2.24, 2.45) is 0 Å². The van der Waals surface area contributed by atoms with E-state index < -0.39 is 17.5 Å². The molecule has 162 valence electrons. The van der Waals surface area contributed by atoms with Crippen molar-refractivity contribution >= 4 is 17.0 Å². The number of allylic oxidation sites excluding steroid dienone is 1. The standard InChI is InChI=1S/C24H20F3N5/c1-13-5-20-19(7-16(25)8-21(20)27)18(13)3-4-29-23-9-22(15-6-17(26)12-28-11-15)31-24-14(2)10-30-32(23)24/h6-12,29H,3-5H2,1-2H3. The van der Waals surface area contributed by atoms with E-state index in [0.29, 0.717) is 53.2 Å². The SMILES string of the molecule is CC1=C(CCNc2cc(-c3cncc(F)c3)nc3c(C)cnn23)c2cc(F)cc(F)c2C1. The molecule has 1 N–H and O–H groups in total. The Labute approximate surface area is 182 Å². The molecule has 5 rings (SSSR count). The maximum absolute atomic E-state index is 14.2. The fourth-order valence-corrected chi connectivity index (χ4v) is 4.22. The van der Waals surface area contributed by atoms with Crippen LogP contribution in [-0.4, -0.2) is 26.1 Å². The molecule has 0 amide bonds. The number of rotatable bonds is 5. The van der Waals surface area contributed by atoms with Crippen molar-refractivity contribution < 1.29 is 13.2 Å². The number of hydrogen-bond acceptors (Lipinski definition) is 4. The second kappa shape index (κ2) is 7.78. The Morgan fingerprint density at radius 1 is 1.00 bits per heavy atom. The van der Waals surface area contributed by atoms with Crippen molar-refractivity contribution in [3.05, 3.63) is 82.6 Å². The lowest BCUT2D eigenvalue weighted by Crippen LogP contribution is -2.09. The number of benzene rings is 1. The minimum Gasteiger partial charge on any atom is -0.370 e. The van der Waals surface area contributed by atoms with Gasteiger partial charge >= 0.3 is 0 Å². The van der Waals surface area contributed by atoms with Gasteiger partial charge in [0.2, 0.25) is 0 Å². The highest BCUT2D eigenvalue weighted by Crippen LogP contribution is 2.37. The summed E-state index contributed by atoms with van der Waals surface area (Å²) < 4.78 is 43.3. The van der Waals surface area contributed by atoms with Crippen LogP contribution in [0.25, 0.3) is 22.5 Å². The van der Waals surface area contributed by atoms with E-state index in [2.05, 4.69) is 20.4 Å². The Morgan fingerprint density at radius 2 is 1.84 bits per heavy atom. The van der Waals surface area contributed by atoms with Gasteiger partial charge in [0.1, 0.15) is 23.3 Å². The molecule has 8 heteroatoms. The summed E-state index contributed by atoms with van der Waals surface area (Å²) in [5.41, 5.74) is 5.84. The Kier molecular flexibility index (Phi) is 4.92. The van der Waals surface area contributed by atoms with Gasteiger partial charge in [-0.05, 0) is 55.5 Å². The van der Waals surface area contributed by atoms with E-state index in [1.165, 1.54) is 12.1 Å². The van der Waals surface area contributed by atoms with Gasteiger partial charge in [0.25, 0.3) is 0 Å². The second-order valence-electron chi connectivity index (χ2n) is 8.01. The van der Waals surface area contributed by atoms with Gasteiger partial charge in [-0.2, -0.15) is 9.61 Å². The molecule has 1 aliphatic rings. The first kappa shape index (κ1) is 20.2. The number of fused-ring (bicyclic) bond motifs is 2. The molecule has 3 heterocycles. The number of aryl methyl sites for hydroxylation is 1. The third kappa shape index (κ3) is 3.51. The normalized spacial score (nSPS) is 13.2. The molecular weight excluding hydrogens is 415 g/mol. The Hall–Kier alpha value is -3.68. The van der Waals surface area contributed by atoms with Crippen LogP contribution in [0.2, 0.25) is 0 Å². The molecule has 5 nitrogen and oxygen atoms in total. The number of aromatic nitrogens is 4. The lowest BCUT2D eigenvalue weighted by atomic mass is 10.0. The van der Waals surface area contributed by atoms with E-state index in [1.807, 2.05) is 13.8 Å². The molecule has 0 atom stereocenters. The molecule has 0 aliphatic heterocycles. The average Bonchev–Trinajstić information content (AvgIpc) is 3.28. The van der Waals surface area contributed by atoms with E-state index in [1.54, 1.807) is 23.0 Å². The molecular formula is C24H20F3N5. The zero-order valence-electron chi connectivity index (χ0n) is 17.6. The minimum absolute atomic E-state index is 0.439. The first-order chi connectivity index (χ1) is 15.4. The quantitative estimate of drug-likeness (QED) is 0.459. The van der Waals surface area contributed by atoms with Gasteiger partial charge in [-0.1, -0.05) is 5.57 Å². The molecule has 32 heavy (non-hydrogen) atoms. The summed E-state index contributed by atoms with van der Waals surface area (Å²) in [6.45, 7) is 4.37. The number of hydrogen-bond donors (Lipinski definition) is 1. The highest BCUT2D eigenvalue weighted by molar-refractivity contribution is 5.76. The third-order valence-corrected chi connectivity index (χ3v) is 5.77. The molecule has 0 radical (unpaired) electrons. The average molecular weight is 435 g/mol. The summed E-state index contributed by atoms with van der Waals surface area (Å²) in [6, 6.07) is 5.51. The van der Waals surface area contributed by atoms with Crippen molar-refractivity contribution in [2.75, 3.05) is 11.9 Å². The van der Waals surface area contributed by atoms with Crippen molar-refractivity contribution in [3.8, 4) is 11.3 Å². The van der Waals surface area contributed by atoms with Crippen molar-refractivity contribution in [3.63, 3.8) is 0 Å². The van der Waals surface area contributed by atoms with Gasteiger partial charge in [-0.3, -0.25) is 4.98 Å². The van der Waals surface area contributed by atoms with Gasteiger partial charge < -0.3 is 5.32 Å². The Balaban J connectivity index is 1.44. The predicted molar refractivity (Wildman–Crippen MR) is 117 cm³/mol. The summed E-state index contributed by atoms with van der Waals surface area (Å²) in [4.78, 5) is 8.53. The van der Waals surface area contributed by atoms with Crippen LogP contribution in [0.1, 0.15) is 30.0 Å². The molecule has 0 fully saturated rings. The topological polar surface area (TPSA) is 55.1 Å². The zero-order valence-corrected chi connectivity index (χ0v) is 17.6. The molecule has 4 aromatic rings. The highest BCUT2D eigenvalue weighted by atomic mass is 19.1. The first-order valence-electron chi connectivity index (χ1n) is 10.3. The van der Waals surface area contributed by atoms with E-state index in [4.69, 9.17) is 0 Å². The van der Waals surface area contributed by atoms with Crippen LogP contribution < -0.4 is 5.32 Å². The fourth-order valence-electron chi connectivity index (χ4n) is 4.22. The van der Waals surface area contributed by atoms with Gasteiger partial charge in [-0.15, -0.1) is 0 Å². The number of pyridine rings is 1. The summed E-state index contributed by atoms with van der Waals surface area (Å²) in [7, 11) is 0. The van der Waals surface area contributed by atoms with Crippen LogP contribution in [0.4, 0.5) is 19.0 Å². The van der Waals surface area contributed by atoms with E-state index in [0.717, 1.165) is 29.0 Å². The number of nitrogens with one attached hydrogen (secondary N) is 1. The van der Waals surface area contributed by atoms with Crippen LogP contribution in [-0.2, 0) is 6.42 Å². The van der Waals surface area contributed by atoms with Crippen molar-refractivity contribution in [1.29, 1.82) is 0 Å². The lowest BCUT2D eigenvalue weighted by molar-refractivity contribution is 0.575. The van der Waals surface area contributed by atoms with Gasteiger partial charge in [0.05, 0.1) is 18.1 Å². The molecule has 0 unspecified atom stereocenters. The third-order valence-electron chi connectivity index (χ3n) is 5.77. The molecule has 1 aromatic carbocycles. The molecule has 0 spiro atoms. The monoisotopic (exact) mass is 435 g/mol. The predicted octanol–water partition coefficient (Wildman–Crippen LogP) is 5.35. The zero-order chi connectivity index (χ0) is 22.4. The Bertz CT molecular complexity index is 1390. The molecule has 0 bridgehead atoms. The maximum Gasteiger partial charge on any atom is 0.160 e. The maximum atomic E-state index is 14.2. The summed E-state index contributed by atoms with van der Waals surface area (Å²) in [6.07, 6.45) is 5.50. The first-order valence-corrected chi connectivity index (χ1v) is 10.3. The van der Waals surface area contributed by atoms with Crippen LogP contribution in [0, 0.1) is 24.4 Å². The van der Waals surface area contributed by atoms with Crippen LogP contribution in [0.5, 0.6) is 0 Å². The van der Waals surface area contributed by atoms with Crippen molar-refractivity contribution in [1.82, 2.24) is 19.6 Å². The number of anilines is 1. The molecule has 3 aromatic heterocycles. The second-order valence-corrected chi connectivity index (χ2v) is 8.01. The Morgan fingerprint density at radius 3 is 2.66 bits per heavy atom. The minimum atomic E-state index is -0.572. The summed E-state index contributed by atoms with van der Waals surface area (Å²) in [5.74, 6) is -0.828. The molecule has 1 aliphatic carbocycles. The molecule has 0 saturated heterocycles. The van der Waals surface area contributed by atoms with Gasteiger partial charge in [-0.25, -0.2) is 18.2 Å². The molecule has 0 saturated carbocycles. The number of halogens is 3. The van der Waals surface area contributed by atoms with E-state index in [9.17, 15) is 13.2 Å². The van der Waals surface area contributed by atoms with E-state index >= 15 is 0 Å². The van der Waals surface area contributed by atoms with Crippen LogP contribution in [0.3, 0.4) is 0 Å². The van der Waals surface area contributed by atoms with Gasteiger partial charge in [0.15, 0.2) is 5.65 Å². The van der Waals surface area contributed by atoms with Gasteiger partial charge in [0, 0.05) is 36.0 Å². The lowest BCUT2D eigenvalue weighted by Gasteiger charge is -2.13. The highest BCUT2D eigenvalue weighted by Gasteiger charge is 2.23. The van der Waals surface area contributed by atoms with Crippen molar-refractivity contribution in [2.45, 2.75) is 26.7 Å². The summed E-state index contributed by atoms with van der Waals surface area (Å²) >= 11 is 0. The number of nitrogens with zero attached hydrogens (tertiary/aromatic N) is 4. The summed E-state index contributed by atoms with van der Waals surface area (Å²) in [5, 5.41) is 7.74. The smallest absolute Gasteiger partial charge is 0.160 e. The van der Waals surface area contributed by atoms with Crippen LogP contribution in [0.15, 0.2) is 48.4 Å². The largest absolute Gasteiger partial charge is 0.370 e. The van der Waals surface area contributed by atoms with E-state index in [-0.39, 0.29) is 0 Å².